The molecule has 0 aromatic carbocycles. The highest BCUT2D eigenvalue weighted by Gasteiger charge is 2.32. The molecule has 0 aliphatic rings. The molecule has 0 saturated heterocycles. The Labute approximate surface area is 68.4 Å². The van der Waals surface area contributed by atoms with Crippen molar-refractivity contribution in [2.75, 3.05) is 0 Å². The molecule has 0 amide bonds. The Morgan fingerprint density at radius 2 is 1.33 bits per heavy atom. The fourth-order valence-corrected chi connectivity index (χ4v) is 0.779. The Morgan fingerprint density at radius 3 is 1.42 bits per heavy atom. The molecule has 5 heteroatoms. The van der Waals surface area contributed by atoms with Gasteiger partial charge in [-0.05, 0) is 13.8 Å². The van der Waals surface area contributed by atoms with E-state index in [1.807, 2.05) is 0 Å². The number of ketones is 3. The molecule has 0 heterocycles. The second kappa shape index (κ2) is 3.75. The van der Waals surface area contributed by atoms with E-state index in [4.69, 9.17) is 5.11 Å². The summed E-state index contributed by atoms with van der Waals surface area (Å²) in [6.45, 7) is 2.01. The van der Waals surface area contributed by atoms with E-state index in [1.54, 1.807) is 0 Å². The SMILES string of the molecule is CC(=O)C(C(C)=O)C(=O)C(=O)O. The number of rotatable bonds is 4. The fourth-order valence-electron chi connectivity index (χ4n) is 0.779. The summed E-state index contributed by atoms with van der Waals surface area (Å²) in [6.07, 6.45) is 0. The van der Waals surface area contributed by atoms with Gasteiger partial charge < -0.3 is 5.11 Å². The van der Waals surface area contributed by atoms with Crippen LogP contribution in [0.3, 0.4) is 0 Å². The Balaban J connectivity index is 4.76. The largest absolute Gasteiger partial charge is 0.475 e. The van der Waals surface area contributed by atoms with Crippen LogP contribution in [-0.4, -0.2) is 28.4 Å². The van der Waals surface area contributed by atoms with E-state index in [9.17, 15) is 19.2 Å². The van der Waals surface area contributed by atoms with Crippen LogP contribution in [0.15, 0.2) is 0 Å². The molecule has 0 aliphatic carbocycles. The first kappa shape index (κ1) is 10.5. The molecule has 0 aromatic heterocycles. The Hall–Kier alpha value is -1.52. The summed E-state index contributed by atoms with van der Waals surface area (Å²) in [5.74, 6) is -6.24. The Bertz CT molecular complexity index is 239. The minimum absolute atomic E-state index is 0.741. The van der Waals surface area contributed by atoms with E-state index in [-0.39, 0.29) is 0 Å². The van der Waals surface area contributed by atoms with Crippen molar-refractivity contribution in [2.24, 2.45) is 5.92 Å². The maximum Gasteiger partial charge on any atom is 0.373 e. The van der Waals surface area contributed by atoms with Crippen LogP contribution in [0.2, 0.25) is 0 Å². The van der Waals surface area contributed by atoms with Crippen molar-refractivity contribution in [1.82, 2.24) is 0 Å². The van der Waals surface area contributed by atoms with Crippen LogP contribution in [-0.2, 0) is 19.2 Å². The van der Waals surface area contributed by atoms with E-state index in [1.165, 1.54) is 0 Å². The molecule has 0 fully saturated rings. The van der Waals surface area contributed by atoms with Gasteiger partial charge in [0.1, 0.15) is 17.5 Å². The smallest absolute Gasteiger partial charge is 0.373 e. The predicted octanol–water partition coefficient (Wildman–Crippen LogP) is -0.566. The van der Waals surface area contributed by atoms with Crippen molar-refractivity contribution < 1.29 is 24.3 Å². The summed E-state index contributed by atoms with van der Waals surface area (Å²) in [6, 6.07) is 0. The van der Waals surface area contributed by atoms with Gasteiger partial charge in [-0.25, -0.2) is 4.79 Å². The zero-order valence-corrected chi connectivity index (χ0v) is 6.66. The van der Waals surface area contributed by atoms with Crippen molar-refractivity contribution in [1.29, 1.82) is 0 Å². The van der Waals surface area contributed by atoms with E-state index in [0.717, 1.165) is 13.8 Å². The zero-order valence-electron chi connectivity index (χ0n) is 6.66. The van der Waals surface area contributed by atoms with Gasteiger partial charge in [0.25, 0.3) is 5.78 Å². The zero-order chi connectivity index (χ0) is 9.89. The third-order valence-corrected chi connectivity index (χ3v) is 1.29. The highest BCUT2D eigenvalue weighted by atomic mass is 16.4. The summed E-state index contributed by atoms with van der Waals surface area (Å²) >= 11 is 0. The monoisotopic (exact) mass is 172 g/mol. The molecule has 0 rings (SSSR count). The van der Waals surface area contributed by atoms with Crippen LogP contribution in [0.1, 0.15) is 13.8 Å². The minimum atomic E-state index is -1.76. The molecule has 5 nitrogen and oxygen atoms in total. The number of hydrogen-bond donors (Lipinski definition) is 1. The minimum Gasteiger partial charge on any atom is -0.475 e. The maximum atomic E-state index is 10.7. The molecule has 0 spiro atoms. The standard InChI is InChI=1S/C7H8O5/c1-3(8)5(4(2)9)6(10)7(11)12/h5H,1-2H3,(H,11,12). The molecule has 0 bridgehead atoms. The molecule has 0 saturated carbocycles. The predicted molar refractivity (Wildman–Crippen MR) is 37.5 cm³/mol. The second-order valence-electron chi connectivity index (χ2n) is 2.32. The number of hydrogen-bond acceptors (Lipinski definition) is 4. The molecule has 0 aliphatic heterocycles. The fraction of sp³-hybridized carbons (Fsp3) is 0.429. The Morgan fingerprint density at radius 1 is 1.00 bits per heavy atom. The van der Waals surface area contributed by atoms with E-state index < -0.39 is 29.2 Å². The summed E-state index contributed by atoms with van der Waals surface area (Å²) in [4.78, 5) is 42.0. The number of carboxylic acid groups (broad SMARTS) is 1. The average molecular weight is 172 g/mol. The summed E-state index contributed by atoms with van der Waals surface area (Å²) in [5.41, 5.74) is 0. The quantitative estimate of drug-likeness (QED) is 0.453. The molecule has 0 unspecified atom stereocenters. The van der Waals surface area contributed by atoms with Gasteiger partial charge in [0.05, 0.1) is 0 Å². The second-order valence-corrected chi connectivity index (χ2v) is 2.32. The van der Waals surface area contributed by atoms with Gasteiger partial charge >= 0.3 is 5.97 Å². The molecule has 0 atom stereocenters. The molecule has 66 valence electrons. The van der Waals surface area contributed by atoms with Gasteiger partial charge in [-0.2, -0.15) is 0 Å². The number of aliphatic carboxylic acids is 1. The lowest BCUT2D eigenvalue weighted by molar-refractivity contribution is -0.154. The molecule has 1 N–H and O–H groups in total. The van der Waals surface area contributed by atoms with Crippen LogP contribution in [0.25, 0.3) is 0 Å². The number of Topliss-reactive ketones (excluding diaryl/α,β-unsaturated/α-hetero) is 3. The highest BCUT2D eigenvalue weighted by Crippen LogP contribution is 2.02. The number of carbonyl (C=O) groups is 4. The molecular weight excluding hydrogens is 164 g/mol. The molecular formula is C7H8O5. The van der Waals surface area contributed by atoms with Crippen LogP contribution in [0.4, 0.5) is 0 Å². The summed E-state index contributed by atoms with van der Waals surface area (Å²) in [7, 11) is 0. The van der Waals surface area contributed by atoms with Gasteiger partial charge in [0, 0.05) is 0 Å². The van der Waals surface area contributed by atoms with Crippen molar-refractivity contribution in [2.45, 2.75) is 13.8 Å². The average Bonchev–Trinajstić information content (AvgIpc) is 1.85. The first-order valence-corrected chi connectivity index (χ1v) is 3.16. The van der Waals surface area contributed by atoms with Gasteiger partial charge in [-0.15, -0.1) is 0 Å². The number of carbonyl (C=O) groups excluding carboxylic acids is 3. The van der Waals surface area contributed by atoms with Gasteiger partial charge in [0.15, 0.2) is 0 Å². The lowest BCUT2D eigenvalue weighted by atomic mass is 9.96. The first-order valence-electron chi connectivity index (χ1n) is 3.16. The number of carboxylic acids is 1. The van der Waals surface area contributed by atoms with Crippen LogP contribution in [0.5, 0.6) is 0 Å². The Kier molecular flexibility index (Phi) is 3.28. The van der Waals surface area contributed by atoms with Gasteiger partial charge in [-0.3, -0.25) is 14.4 Å². The lowest BCUT2D eigenvalue weighted by Crippen LogP contribution is -2.33. The normalized spacial score (nSPS) is 9.58. The third-order valence-electron chi connectivity index (χ3n) is 1.29. The third kappa shape index (κ3) is 2.26. The van der Waals surface area contributed by atoms with E-state index >= 15 is 0 Å². The summed E-state index contributed by atoms with van der Waals surface area (Å²) in [5, 5.41) is 8.20. The highest BCUT2D eigenvalue weighted by molar-refractivity contribution is 6.42. The van der Waals surface area contributed by atoms with Crippen LogP contribution < -0.4 is 0 Å². The topological polar surface area (TPSA) is 88.5 Å². The molecule has 0 radical (unpaired) electrons. The van der Waals surface area contributed by atoms with Gasteiger partial charge in [0.2, 0.25) is 0 Å². The summed E-state index contributed by atoms with van der Waals surface area (Å²) < 4.78 is 0. The lowest BCUT2D eigenvalue weighted by Gasteiger charge is -2.03. The van der Waals surface area contributed by atoms with E-state index in [0.29, 0.717) is 0 Å². The maximum absolute atomic E-state index is 10.7. The van der Waals surface area contributed by atoms with Crippen molar-refractivity contribution in [3.05, 3.63) is 0 Å². The molecule has 0 aromatic rings. The first-order chi connectivity index (χ1) is 5.37. The van der Waals surface area contributed by atoms with Crippen molar-refractivity contribution in [3.8, 4) is 0 Å². The van der Waals surface area contributed by atoms with E-state index in [2.05, 4.69) is 0 Å². The van der Waals surface area contributed by atoms with Crippen molar-refractivity contribution in [3.63, 3.8) is 0 Å². The van der Waals surface area contributed by atoms with Gasteiger partial charge in [-0.1, -0.05) is 0 Å². The van der Waals surface area contributed by atoms with Crippen LogP contribution >= 0.6 is 0 Å². The van der Waals surface area contributed by atoms with Crippen LogP contribution in [0, 0.1) is 5.92 Å². The molecule has 12 heavy (non-hydrogen) atoms. The van der Waals surface area contributed by atoms with Crippen molar-refractivity contribution >= 4 is 23.3 Å².